The molecule has 1 amide bonds. The van der Waals surface area contributed by atoms with Crippen molar-refractivity contribution in [1.82, 2.24) is 24.9 Å². The third-order valence-electron chi connectivity index (χ3n) is 5.61. The maximum absolute atomic E-state index is 13.0. The van der Waals surface area contributed by atoms with E-state index < -0.39 is 5.91 Å². The minimum atomic E-state index is -0.533. The fourth-order valence-corrected chi connectivity index (χ4v) is 3.96. The molecule has 5 heterocycles. The average Bonchev–Trinajstić information content (AvgIpc) is 3.65. The van der Waals surface area contributed by atoms with E-state index in [0.29, 0.717) is 35.0 Å². The Labute approximate surface area is 191 Å². The first-order chi connectivity index (χ1) is 16.7. The van der Waals surface area contributed by atoms with E-state index in [0.717, 1.165) is 25.0 Å². The predicted octanol–water partition coefficient (Wildman–Crippen LogP) is 3.59. The second kappa shape index (κ2) is 8.03. The summed E-state index contributed by atoms with van der Waals surface area (Å²) in [7, 11) is 0. The number of rotatable bonds is 5. The van der Waals surface area contributed by atoms with Gasteiger partial charge in [0.15, 0.2) is 17.2 Å². The van der Waals surface area contributed by atoms with E-state index in [1.54, 1.807) is 30.3 Å². The quantitative estimate of drug-likeness (QED) is 0.406. The van der Waals surface area contributed by atoms with E-state index in [1.165, 1.54) is 23.3 Å². The van der Waals surface area contributed by atoms with Gasteiger partial charge in [-0.1, -0.05) is 5.16 Å². The average molecular weight is 458 g/mol. The Morgan fingerprint density at radius 2 is 1.82 bits per heavy atom. The maximum atomic E-state index is 13.0. The van der Waals surface area contributed by atoms with Gasteiger partial charge in [-0.15, -0.1) is 0 Å². The molecule has 6 rings (SSSR count). The number of fused-ring (bicyclic) bond motifs is 1. The molecule has 0 saturated heterocycles. The smallest absolute Gasteiger partial charge is 0.279 e. The normalized spacial score (nSPS) is 13.1. The summed E-state index contributed by atoms with van der Waals surface area (Å²) >= 11 is 0. The predicted molar refractivity (Wildman–Crippen MR) is 118 cm³/mol. The molecular weight excluding hydrogens is 440 g/mol. The van der Waals surface area contributed by atoms with E-state index in [2.05, 4.69) is 25.5 Å². The molecule has 1 aliphatic rings. The van der Waals surface area contributed by atoms with Gasteiger partial charge in [-0.2, -0.15) is 9.78 Å². The molecule has 5 aromatic heterocycles. The zero-order valence-corrected chi connectivity index (χ0v) is 17.8. The van der Waals surface area contributed by atoms with Gasteiger partial charge in [0.2, 0.25) is 11.7 Å². The van der Waals surface area contributed by atoms with Crippen molar-refractivity contribution in [1.29, 1.82) is 0 Å². The minimum absolute atomic E-state index is 0.0468. The lowest BCUT2D eigenvalue weighted by molar-refractivity contribution is 0.101. The highest BCUT2D eigenvalue weighted by atomic mass is 16.5. The van der Waals surface area contributed by atoms with E-state index in [-0.39, 0.29) is 23.0 Å². The van der Waals surface area contributed by atoms with Crippen LogP contribution in [0.2, 0.25) is 0 Å². The third-order valence-corrected chi connectivity index (χ3v) is 5.61. The number of furan rings is 2. The van der Waals surface area contributed by atoms with Crippen LogP contribution in [0.1, 0.15) is 34.6 Å². The summed E-state index contributed by atoms with van der Waals surface area (Å²) in [6.07, 6.45) is 6.36. The van der Waals surface area contributed by atoms with Crippen LogP contribution in [0.5, 0.6) is 0 Å². The van der Waals surface area contributed by atoms with Crippen LogP contribution in [0.15, 0.2) is 67.1 Å². The summed E-state index contributed by atoms with van der Waals surface area (Å²) in [5.74, 6) is 1.21. The molecular formula is C23H18N6O5. The fraction of sp³-hybridized carbons (Fsp3) is 0.174. The molecule has 11 heteroatoms. The molecule has 0 saturated carbocycles. The first-order valence-corrected chi connectivity index (χ1v) is 10.7. The Bertz CT molecular complexity index is 1520. The van der Waals surface area contributed by atoms with Crippen LogP contribution in [-0.4, -0.2) is 30.8 Å². The largest absolute Gasteiger partial charge is 0.463 e. The lowest BCUT2D eigenvalue weighted by atomic mass is 9.97. The molecule has 2 N–H and O–H groups in total. The molecule has 170 valence electrons. The number of carbonyl (C=O) groups is 1. The van der Waals surface area contributed by atoms with Gasteiger partial charge in [-0.25, -0.2) is 4.98 Å². The van der Waals surface area contributed by atoms with E-state index >= 15 is 0 Å². The Hall–Kier alpha value is -4.67. The second-order valence-corrected chi connectivity index (χ2v) is 7.83. The number of aryl methyl sites for hydroxylation is 1. The number of nitrogens with zero attached hydrogens (tertiary/aromatic N) is 4. The van der Waals surface area contributed by atoms with Crippen molar-refractivity contribution in [3.05, 3.63) is 76.2 Å². The molecule has 0 aromatic carbocycles. The van der Waals surface area contributed by atoms with E-state index in [4.69, 9.17) is 13.4 Å². The molecule has 1 aliphatic carbocycles. The number of amides is 1. The summed E-state index contributed by atoms with van der Waals surface area (Å²) in [6.45, 7) is 0. The highest BCUT2D eigenvalue weighted by Crippen LogP contribution is 2.26. The summed E-state index contributed by atoms with van der Waals surface area (Å²) in [5.41, 5.74) is 1.75. The van der Waals surface area contributed by atoms with Crippen molar-refractivity contribution >= 4 is 11.7 Å². The van der Waals surface area contributed by atoms with Crippen LogP contribution >= 0.6 is 0 Å². The van der Waals surface area contributed by atoms with Crippen molar-refractivity contribution in [2.45, 2.75) is 25.7 Å². The molecule has 5 aromatic rings. The van der Waals surface area contributed by atoms with Crippen molar-refractivity contribution in [3.63, 3.8) is 0 Å². The number of anilines is 1. The van der Waals surface area contributed by atoms with Gasteiger partial charge >= 0.3 is 0 Å². The summed E-state index contributed by atoms with van der Waals surface area (Å²) in [5, 5.41) is 11.1. The molecule has 0 bridgehead atoms. The van der Waals surface area contributed by atoms with Crippen molar-refractivity contribution in [3.8, 4) is 28.9 Å². The zero-order chi connectivity index (χ0) is 23.1. The van der Waals surface area contributed by atoms with Gasteiger partial charge in [0.1, 0.15) is 11.5 Å². The summed E-state index contributed by atoms with van der Waals surface area (Å²) < 4.78 is 17.3. The number of hydrogen-bond acceptors (Lipinski definition) is 8. The molecule has 0 aliphatic heterocycles. The number of nitrogens with one attached hydrogen (secondary N) is 2. The second-order valence-electron chi connectivity index (χ2n) is 7.83. The van der Waals surface area contributed by atoms with Crippen molar-refractivity contribution < 1.29 is 18.2 Å². The molecule has 0 atom stereocenters. The monoisotopic (exact) mass is 458 g/mol. The Morgan fingerprint density at radius 1 is 1.03 bits per heavy atom. The van der Waals surface area contributed by atoms with Gasteiger partial charge in [-0.3, -0.25) is 14.6 Å². The molecule has 0 fully saturated rings. The topological polar surface area (TPSA) is 145 Å². The lowest BCUT2D eigenvalue weighted by Crippen LogP contribution is -2.24. The van der Waals surface area contributed by atoms with Gasteiger partial charge in [-0.05, 0) is 49.9 Å². The summed E-state index contributed by atoms with van der Waals surface area (Å²) in [6, 6.07) is 9.99. The molecule has 0 radical (unpaired) electrons. The fourth-order valence-electron chi connectivity index (χ4n) is 3.96. The molecule has 0 unspecified atom stereocenters. The summed E-state index contributed by atoms with van der Waals surface area (Å²) in [4.78, 5) is 33.1. The van der Waals surface area contributed by atoms with Crippen LogP contribution in [0.4, 0.5) is 5.82 Å². The van der Waals surface area contributed by atoms with Crippen molar-refractivity contribution in [2.24, 2.45) is 0 Å². The first-order valence-electron chi connectivity index (χ1n) is 10.7. The van der Waals surface area contributed by atoms with Crippen LogP contribution < -0.4 is 10.9 Å². The van der Waals surface area contributed by atoms with E-state index in [9.17, 15) is 9.59 Å². The standard InChI is InChI=1S/C23H18N6O5/c30-21-13-5-1-2-6-14(13)24-23(26-21)29-20(12-15(27-29)17-7-3-9-32-17)25-22(31)16-11-19(34-28-16)18-8-4-10-33-18/h3-4,7-12H,1-2,5-6H2,(H,25,31)(H,24,26,30). The number of aromatic amines is 1. The van der Waals surface area contributed by atoms with Gasteiger partial charge in [0, 0.05) is 17.7 Å². The Kier molecular flexibility index (Phi) is 4.72. The minimum Gasteiger partial charge on any atom is -0.463 e. The number of H-pyrrole nitrogens is 1. The number of hydrogen-bond donors (Lipinski definition) is 2. The first kappa shape index (κ1) is 20.0. The molecule has 34 heavy (non-hydrogen) atoms. The maximum Gasteiger partial charge on any atom is 0.279 e. The Morgan fingerprint density at radius 3 is 2.62 bits per heavy atom. The van der Waals surface area contributed by atoms with Crippen LogP contribution in [0, 0.1) is 0 Å². The van der Waals surface area contributed by atoms with Crippen LogP contribution in [0.25, 0.3) is 28.9 Å². The molecule has 0 spiro atoms. The van der Waals surface area contributed by atoms with Gasteiger partial charge in [0.05, 0.1) is 18.2 Å². The van der Waals surface area contributed by atoms with E-state index in [1.807, 2.05) is 0 Å². The van der Waals surface area contributed by atoms with Gasteiger partial charge in [0.25, 0.3) is 11.5 Å². The van der Waals surface area contributed by atoms with Crippen LogP contribution in [-0.2, 0) is 12.8 Å². The number of aromatic nitrogens is 5. The SMILES string of the molecule is O=C(Nc1cc(-c2ccco2)nn1-c1nc2c(c(=O)[nH]1)CCCC2)c1cc(-c2ccco2)on1. The highest BCUT2D eigenvalue weighted by Gasteiger charge is 2.22. The van der Waals surface area contributed by atoms with Gasteiger partial charge < -0.3 is 18.7 Å². The van der Waals surface area contributed by atoms with Crippen molar-refractivity contribution in [2.75, 3.05) is 5.32 Å². The third kappa shape index (κ3) is 3.52. The zero-order valence-electron chi connectivity index (χ0n) is 17.8. The van der Waals surface area contributed by atoms with Crippen LogP contribution in [0.3, 0.4) is 0 Å². The lowest BCUT2D eigenvalue weighted by Gasteiger charge is -2.15. The Balaban J connectivity index is 1.38. The molecule has 11 nitrogen and oxygen atoms in total. The highest BCUT2D eigenvalue weighted by molar-refractivity contribution is 6.03. The number of carbonyl (C=O) groups excluding carboxylic acids is 1.